The van der Waals surface area contributed by atoms with Crippen LogP contribution >= 0.6 is 23.1 Å². The summed E-state index contributed by atoms with van der Waals surface area (Å²) in [5, 5.41) is 16.3. The molecule has 3 aromatic rings. The number of carboxylic acid groups (broad SMARTS) is 1. The van der Waals surface area contributed by atoms with Crippen molar-refractivity contribution in [3.63, 3.8) is 0 Å². The predicted molar refractivity (Wildman–Crippen MR) is 135 cm³/mol. The average molecular weight is 500 g/mol. The van der Waals surface area contributed by atoms with Crippen LogP contribution in [0.25, 0.3) is 11.3 Å². The minimum atomic E-state index is -1.02. The first kappa shape index (κ1) is 25.3. The van der Waals surface area contributed by atoms with Gasteiger partial charge in [0.25, 0.3) is 0 Å². The maximum atomic E-state index is 12.9. The number of methoxy groups -OCH3 is 1. The van der Waals surface area contributed by atoms with Crippen molar-refractivity contribution in [2.45, 2.75) is 36.3 Å². The molecule has 0 saturated heterocycles. The van der Waals surface area contributed by atoms with Crippen LogP contribution < -0.4 is 15.4 Å². The smallest absolute Gasteiger partial charge is 0.303 e. The maximum absolute atomic E-state index is 12.9. The Labute approximate surface area is 205 Å². The molecule has 1 aromatic heterocycles. The lowest BCUT2D eigenvalue weighted by atomic mass is 10.1. The van der Waals surface area contributed by atoms with Gasteiger partial charge in [-0.3, -0.25) is 14.4 Å². The highest BCUT2D eigenvalue weighted by Gasteiger charge is 2.20. The molecule has 2 amide bonds. The molecule has 1 atom stereocenters. The number of amides is 2. The lowest BCUT2D eigenvalue weighted by molar-refractivity contribution is -0.138. The number of anilines is 2. The monoisotopic (exact) mass is 499 g/mol. The van der Waals surface area contributed by atoms with Gasteiger partial charge in [0, 0.05) is 27.9 Å². The van der Waals surface area contributed by atoms with E-state index in [0.717, 1.165) is 16.2 Å². The third-order valence-electron chi connectivity index (χ3n) is 4.74. The second-order valence-electron chi connectivity index (χ2n) is 7.21. The number of carbonyl (C=O) groups is 3. The molecule has 34 heavy (non-hydrogen) atoms. The molecule has 3 rings (SSSR count). The van der Waals surface area contributed by atoms with E-state index in [2.05, 4.69) is 15.6 Å². The molecule has 1 unspecified atom stereocenters. The molecule has 0 aliphatic carbocycles. The molecule has 2 aromatic carbocycles. The minimum absolute atomic E-state index is 0.0998. The zero-order valence-corrected chi connectivity index (χ0v) is 20.4. The molecular formula is C24H25N3O5S2. The number of aromatic nitrogens is 1. The Balaban J connectivity index is 1.63. The topological polar surface area (TPSA) is 118 Å². The molecule has 0 aliphatic heterocycles. The number of nitrogens with zero attached hydrogens (tertiary/aromatic N) is 1. The Morgan fingerprint density at radius 1 is 1.12 bits per heavy atom. The standard InChI is InChI=1S/C24H25N3O5S2/c1-3-20(34-16-8-6-7-15(13-16)25-21(28)11-12-22(29)30)23(31)27-24-26-18(14-33-24)17-9-4-5-10-19(17)32-2/h4-10,13-14,20H,3,11-12H2,1-2H3,(H,25,28)(H,29,30)(H,26,27,31). The fourth-order valence-corrected chi connectivity index (χ4v) is 4.80. The van der Waals surface area contributed by atoms with Gasteiger partial charge >= 0.3 is 5.97 Å². The normalized spacial score (nSPS) is 11.5. The average Bonchev–Trinajstić information content (AvgIpc) is 3.29. The van der Waals surface area contributed by atoms with Gasteiger partial charge in [0.15, 0.2) is 5.13 Å². The van der Waals surface area contributed by atoms with Crippen molar-refractivity contribution in [3.05, 3.63) is 53.9 Å². The predicted octanol–water partition coefficient (Wildman–Crippen LogP) is 5.13. The Kier molecular flexibility index (Phi) is 9.06. The van der Waals surface area contributed by atoms with E-state index >= 15 is 0 Å². The van der Waals surface area contributed by atoms with Crippen molar-refractivity contribution in [3.8, 4) is 17.0 Å². The lowest BCUT2D eigenvalue weighted by Crippen LogP contribution is -2.24. The number of thiazole rings is 1. The van der Waals surface area contributed by atoms with Crippen molar-refractivity contribution in [1.29, 1.82) is 0 Å². The van der Waals surface area contributed by atoms with Crippen molar-refractivity contribution in [1.82, 2.24) is 4.98 Å². The van der Waals surface area contributed by atoms with Crippen LogP contribution in [0.5, 0.6) is 5.75 Å². The fraction of sp³-hybridized carbons (Fsp3) is 0.250. The number of ether oxygens (including phenoxy) is 1. The highest BCUT2D eigenvalue weighted by Crippen LogP contribution is 2.33. The molecular weight excluding hydrogens is 474 g/mol. The number of hydrogen-bond acceptors (Lipinski definition) is 7. The first-order valence-electron chi connectivity index (χ1n) is 10.6. The van der Waals surface area contributed by atoms with Gasteiger partial charge < -0.3 is 20.5 Å². The summed E-state index contributed by atoms with van der Waals surface area (Å²) in [6.07, 6.45) is 0.266. The molecule has 10 heteroatoms. The molecule has 0 bridgehead atoms. The van der Waals surface area contributed by atoms with E-state index in [4.69, 9.17) is 9.84 Å². The van der Waals surface area contributed by atoms with Crippen LogP contribution in [0.4, 0.5) is 10.8 Å². The highest BCUT2D eigenvalue weighted by atomic mass is 32.2. The van der Waals surface area contributed by atoms with Gasteiger partial charge in [-0.25, -0.2) is 4.98 Å². The van der Waals surface area contributed by atoms with E-state index in [0.29, 0.717) is 23.0 Å². The van der Waals surface area contributed by atoms with Crippen LogP contribution in [0, 0.1) is 0 Å². The molecule has 0 saturated carbocycles. The maximum Gasteiger partial charge on any atom is 0.303 e. The molecule has 8 nitrogen and oxygen atoms in total. The Hall–Kier alpha value is -3.37. The Morgan fingerprint density at radius 3 is 2.65 bits per heavy atom. The van der Waals surface area contributed by atoms with E-state index in [-0.39, 0.29) is 29.9 Å². The number of rotatable bonds is 11. The van der Waals surface area contributed by atoms with E-state index in [1.165, 1.54) is 23.1 Å². The summed E-state index contributed by atoms with van der Waals surface area (Å²) in [5.41, 5.74) is 2.13. The molecule has 0 fully saturated rings. The van der Waals surface area contributed by atoms with Crippen molar-refractivity contribution in [2.24, 2.45) is 0 Å². The van der Waals surface area contributed by atoms with Gasteiger partial charge in [0.2, 0.25) is 11.8 Å². The van der Waals surface area contributed by atoms with Crippen LogP contribution in [0.15, 0.2) is 58.8 Å². The number of thioether (sulfide) groups is 1. The van der Waals surface area contributed by atoms with Crippen molar-refractivity contribution < 1.29 is 24.2 Å². The Morgan fingerprint density at radius 2 is 1.91 bits per heavy atom. The number of hydrogen-bond donors (Lipinski definition) is 3. The molecule has 1 heterocycles. The summed E-state index contributed by atoms with van der Waals surface area (Å²) in [6, 6.07) is 14.7. The summed E-state index contributed by atoms with van der Waals surface area (Å²) in [6.45, 7) is 1.93. The zero-order valence-electron chi connectivity index (χ0n) is 18.7. The summed E-state index contributed by atoms with van der Waals surface area (Å²) >= 11 is 2.73. The lowest BCUT2D eigenvalue weighted by Gasteiger charge is -2.14. The van der Waals surface area contributed by atoms with Crippen LogP contribution in [0.2, 0.25) is 0 Å². The van der Waals surface area contributed by atoms with Crippen LogP contribution in [-0.4, -0.2) is 40.2 Å². The third-order valence-corrected chi connectivity index (χ3v) is 6.86. The van der Waals surface area contributed by atoms with Crippen LogP contribution in [0.1, 0.15) is 26.2 Å². The summed E-state index contributed by atoms with van der Waals surface area (Å²) in [7, 11) is 1.60. The van der Waals surface area contributed by atoms with Crippen molar-refractivity contribution in [2.75, 3.05) is 17.7 Å². The number of benzene rings is 2. The molecule has 3 N–H and O–H groups in total. The van der Waals surface area contributed by atoms with Gasteiger partial charge in [0.1, 0.15) is 5.75 Å². The number of nitrogens with one attached hydrogen (secondary N) is 2. The second-order valence-corrected chi connectivity index (χ2v) is 9.35. The molecule has 0 aliphatic rings. The zero-order chi connectivity index (χ0) is 24.5. The largest absolute Gasteiger partial charge is 0.496 e. The molecule has 0 radical (unpaired) electrons. The van der Waals surface area contributed by atoms with Gasteiger partial charge in [-0.1, -0.05) is 25.1 Å². The highest BCUT2D eigenvalue weighted by molar-refractivity contribution is 8.00. The molecule has 0 spiro atoms. The van der Waals surface area contributed by atoms with Gasteiger partial charge in [-0.05, 0) is 36.8 Å². The first-order chi connectivity index (χ1) is 16.4. The van der Waals surface area contributed by atoms with Gasteiger partial charge in [-0.15, -0.1) is 23.1 Å². The number of aliphatic carboxylic acids is 1. The minimum Gasteiger partial charge on any atom is -0.496 e. The third kappa shape index (κ3) is 7.06. The van der Waals surface area contributed by atoms with Crippen molar-refractivity contribution >= 4 is 51.7 Å². The SMILES string of the molecule is CCC(Sc1cccc(NC(=O)CCC(=O)O)c1)C(=O)Nc1nc(-c2ccccc2OC)cs1. The van der Waals surface area contributed by atoms with Crippen LogP contribution in [-0.2, 0) is 14.4 Å². The fourth-order valence-electron chi connectivity index (χ4n) is 3.07. The van der Waals surface area contributed by atoms with Crippen LogP contribution in [0.3, 0.4) is 0 Å². The van der Waals surface area contributed by atoms with Gasteiger partial charge in [0.05, 0.1) is 24.5 Å². The van der Waals surface area contributed by atoms with E-state index in [1.807, 2.05) is 42.6 Å². The van der Waals surface area contributed by atoms with E-state index in [9.17, 15) is 14.4 Å². The number of carbonyl (C=O) groups excluding carboxylic acids is 2. The Bertz CT molecular complexity index is 1160. The second kappa shape index (κ2) is 12.2. The number of para-hydroxylation sites is 1. The summed E-state index contributed by atoms with van der Waals surface area (Å²) in [4.78, 5) is 40.8. The van der Waals surface area contributed by atoms with Gasteiger partial charge in [-0.2, -0.15) is 0 Å². The quantitative estimate of drug-likeness (QED) is 0.313. The summed E-state index contributed by atoms with van der Waals surface area (Å²) in [5.74, 6) is -0.845. The summed E-state index contributed by atoms with van der Waals surface area (Å²) < 4.78 is 5.39. The first-order valence-corrected chi connectivity index (χ1v) is 12.3. The number of carboxylic acids is 1. The van der Waals surface area contributed by atoms with E-state index < -0.39 is 5.97 Å². The molecule has 178 valence electrons. The van der Waals surface area contributed by atoms with E-state index in [1.54, 1.807) is 25.3 Å².